The summed E-state index contributed by atoms with van der Waals surface area (Å²) in [6.07, 6.45) is 2.13. The molecule has 0 unspecified atom stereocenters. The molecule has 2 aromatic heterocycles. The summed E-state index contributed by atoms with van der Waals surface area (Å²) in [5.74, 6) is -0.580. The van der Waals surface area contributed by atoms with Crippen molar-refractivity contribution in [2.75, 3.05) is 13.7 Å². The highest BCUT2D eigenvalue weighted by atomic mass is 32.2. The van der Waals surface area contributed by atoms with Crippen molar-refractivity contribution in [1.82, 2.24) is 25.2 Å². The predicted octanol–water partition coefficient (Wildman–Crippen LogP) is 1.95. The lowest BCUT2D eigenvalue weighted by atomic mass is 10.1. The number of H-pyrrole nitrogens is 1. The maximum Gasteiger partial charge on any atom is 0.339 e. The first-order chi connectivity index (χ1) is 12.9. The third kappa shape index (κ3) is 4.06. The highest BCUT2D eigenvalue weighted by Gasteiger charge is 2.27. The third-order valence-corrected chi connectivity index (χ3v) is 5.70. The van der Waals surface area contributed by atoms with Gasteiger partial charge in [-0.05, 0) is 49.6 Å². The fourth-order valence-electron chi connectivity index (χ4n) is 3.20. The van der Waals surface area contributed by atoms with Crippen molar-refractivity contribution < 1.29 is 19.1 Å². The topological polar surface area (TPSA) is 112 Å². The summed E-state index contributed by atoms with van der Waals surface area (Å²) in [6, 6.07) is 0. The summed E-state index contributed by atoms with van der Waals surface area (Å²) in [5.41, 5.74) is 2.02. The summed E-state index contributed by atoms with van der Waals surface area (Å²) in [5, 5.41) is 11.9. The van der Waals surface area contributed by atoms with Crippen molar-refractivity contribution in [1.29, 1.82) is 0 Å². The molecule has 0 amide bonds. The van der Waals surface area contributed by atoms with Crippen LogP contribution >= 0.6 is 11.8 Å². The molecule has 1 saturated heterocycles. The smallest absolute Gasteiger partial charge is 0.339 e. The molecular weight excluding hydrogens is 370 g/mol. The van der Waals surface area contributed by atoms with Crippen molar-refractivity contribution in [3.05, 3.63) is 22.5 Å². The van der Waals surface area contributed by atoms with E-state index in [9.17, 15) is 9.59 Å². The number of esters is 1. The van der Waals surface area contributed by atoms with Gasteiger partial charge in [0.1, 0.15) is 0 Å². The van der Waals surface area contributed by atoms with Gasteiger partial charge in [-0.3, -0.25) is 4.79 Å². The molecule has 10 heteroatoms. The van der Waals surface area contributed by atoms with Crippen LogP contribution in [-0.2, 0) is 16.0 Å². The molecule has 0 saturated carbocycles. The lowest BCUT2D eigenvalue weighted by molar-refractivity contribution is 0.0599. The second-order valence-corrected chi connectivity index (χ2v) is 7.83. The Kier molecular flexibility index (Phi) is 5.95. The van der Waals surface area contributed by atoms with E-state index in [1.807, 2.05) is 0 Å². The van der Waals surface area contributed by atoms with Crippen LogP contribution in [0.3, 0.4) is 0 Å². The normalized spacial score (nSPS) is 17.9. The zero-order valence-electron chi connectivity index (χ0n) is 15.8. The highest BCUT2D eigenvalue weighted by Crippen LogP contribution is 2.27. The van der Waals surface area contributed by atoms with E-state index in [0.29, 0.717) is 34.2 Å². The second kappa shape index (κ2) is 8.22. The Balaban J connectivity index is 1.74. The Morgan fingerprint density at radius 3 is 2.89 bits per heavy atom. The molecule has 1 aliphatic heterocycles. The SMILES string of the molecule is COC(=O)c1c(C)[nH]c(C(=O)[C@@H](C)Sc2nnnn2C[C@H]2CCCO2)c1C. The van der Waals surface area contributed by atoms with Crippen LogP contribution in [0.2, 0.25) is 0 Å². The standard InChI is InChI=1S/C17H23N5O4S/c1-9-13(16(24)25-4)10(2)18-14(9)15(23)11(3)27-17-19-20-21-22(17)8-12-6-5-7-26-12/h11-12,18H,5-8H2,1-4H3/t11-,12-/m1/s1. The average Bonchev–Trinajstić information content (AvgIpc) is 3.37. The number of hydrogen-bond donors (Lipinski definition) is 1. The van der Waals surface area contributed by atoms with Crippen LogP contribution in [0, 0.1) is 13.8 Å². The van der Waals surface area contributed by atoms with E-state index < -0.39 is 11.2 Å². The molecule has 1 aliphatic rings. The van der Waals surface area contributed by atoms with Crippen LogP contribution in [0.1, 0.15) is 51.9 Å². The summed E-state index contributed by atoms with van der Waals surface area (Å²) < 4.78 is 12.1. The number of tetrazole rings is 1. The quantitative estimate of drug-likeness (QED) is 0.431. The fraction of sp³-hybridized carbons (Fsp3) is 0.588. The van der Waals surface area contributed by atoms with E-state index in [0.717, 1.165) is 19.4 Å². The molecular formula is C17H23N5O4S. The fourth-order valence-corrected chi connectivity index (χ4v) is 4.05. The van der Waals surface area contributed by atoms with E-state index in [2.05, 4.69) is 20.5 Å². The van der Waals surface area contributed by atoms with Gasteiger partial charge in [-0.15, -0.1) is 5.10 Å². The first kappa shape index (κ1) is 19.6. The maximum atomic E-state index is 12.9. The second-order valence-electron chi connectivity index (χ2n) is 6.52. The minimum atomic E-state index is -0.457. The van der Waals surface area contributed by atoms with Gasteiger partial charge in [0.15, 0.2) is 5.78 Å². The number of methoxy groups -OCH3 is 1. The predicted molar refractivity (Wildman–Crippen MR) is 98.0 cm³/mol. The first-order valence-electron chi connectivity index (χ1n) is 8.78. The average molecular weight is 393 g/mol. The van der Waals surface area contributed by atoms with Crippen molar-refractivity contribution in [3.63, 3.8) is 0 Å². The van der Waals surface area contributed by atoms with Crippen LogP contribution in [0.5, 0.6) is 0 Å². The number of nitrogens with zero attached hydrogens (tertiary/aromatic N) is 4. The third-order valence-electron chi connectivity index (χ3n) is 4.62. The van der Waals surface area contributed by atoms with Gasteiger partial charge in [-0.25, -0.2) is 9.48 Å². The zero-order valence-corrected chi connectivity index (χ0v) is 16.6. The number of thioether (sulfide) groups is 1. The van der Waals surface area contributed by atoms with Gasteiger partial charge < -0.3 is 14.5 Å². The number of aromatic amines is 1. The summed E-state index contributed by atoms with van der Waals surface area (Å²) in [7, 11) is 1.32. The molecule has 146 valence electrons. The highest BCUT2D eigenvalue weighted by molar-refractivity contribution is 8.00. The Morgan fingerprint density at radius 2 is 2.22 bits per heavy atom. The summed E-state index contributed by atoms with van der Waals surface area (Å²) in [6.45, 7) is 6.62. The van der Waals surface area contributed by atoms with Gasteiger partial charge in [0.05, 0.1) is 36.3 Å². The molecule has 0 radical (unpaired) electrons. The number of aryl methyl sites for hydroxylation is 1. The number of carbonyl (C=O) groups is 2. The number of hydrogen-bond acceptors (Lipinski definition) is 8. The largest absolute Gasteiger partial charge is 0.465 e. The molecule has 0 aliphatic carbocycles. The molecule has 3 heterocycles. The lowest BCUT2D eigenvalue weighted by Crippen LogP contribution is -2.19. The molecule has 3 rings (SSSR count). The van der Waals surface area contributed by atoms with Gasteiger partial charge in [0.2, 0.25) is 5.16 Å². The monoisotopic (exact) mass is 393 g/mol. The Bertz CT molecular complexity index is 840. The molecule has 0 bridgehead atoms. The van der Waals surface area contributed by atoms with Crippen LogP contribution in [0.15, 0.2) is 5.16 Å². The Labute approximate surface area is 161 Å². The van der Waals surface area contributed by atoms with Crippen LogP contribution in [0.25, 0.3) is 0 Å². The van der Waals surface area contributed by atoms with Crippen molar-refractivity contribution >= 4 is 23.5 Å². The number of nitrogens with one attached hydrogen (secondary N) is 1. The molecule has 1 fully saturated rings. The summed E-state index contributed by atoms with van der Waals surface area (Å²) in [4.78, 5) is 27.9. The van der Waals surface area contributed by atoms with Crippen molar-refractivity contribution in [2.24, 2.45) is 0 Å². The van der Waals surface area contributed by atoms with E-state index in [1.165, 1.54) is 18.9 Å². The van der Waals surface area contributed by atoms with Gasteiger partial charge >= 0.3 is 5.97 Å². The minimum Gasteiger partial charge on any atom is -0.465 e. The number of aromatic nitrogens is 5. The Morgan fingerprint density at radius 1 is 1.44 bits per heavy atom. The lowest BCUT2D eigenvalue weighted by Gasteiger charge is -2.12. The summed E-state index contributed by atoms with van der Waals surface area (Å²) >= 11 is 1.29. The minimum absolute atomic E-state index is 0.106. The van der Waals surface area contributed by atoms with E-state index in [4.69, 9.17) is 9.47 Å². The molecule has 2 aromatic rings. The number of ketones is 1. The van der Waals surface area contributed by atoms with Gasteiger partial charge in [0, 0.05) is 12.3 Å². The van der Waals surface area contributed by atoms with E-state index in [-0.39, 0.29) is 11.9 Å². The molecule has 0 spiro atoms. The Hall–Kier alpha value is -2.20. The van der Waals surface area contributed by atoms with Crippen LogP contribution < -0.4 is 0 Å². The molecule has 27 heavy (non-hydrogen) atoms. The van der Waals surface area contributed by atoms with E-state index in [1.54, 1.807) is 25.5 Å². The molecule has 9 nitrogen and oxygen atoms in total. The maximum absolute atomic E-state index is 12.9. The molecule has 0 aromatic carbocycles. The van der Waals surface area contributed by atoms with Gasteiger partial charge in [0.25, 0.3) is 0 Å². The van der Waals surface area contributed by atoms with Crippen molar-refractivity contribution in [2.45, 2.75) is 56.7 Å². The zero-order chi connectivity index (χ0) is 19.6. The molecule has 1 N–H and O–H groups in total. The number of ether oxygens (including phenoxy) is 2. The molecule has 2 atom stereocenters. The van der Waals surface area contributed by atoms with Crippen LogP contribution in [0.4, 0.5) is 0 Å². The number of carbonyl (C=O) groups excluding carboxylic acids is 2. The van der Waals surface area contributed by atoms with Crippen molar-refractivity contribution in [3.8, 4) is 0 Å². The van der Waals surface area contributed by atoms with E-state index >= 15 is 0 Å². The number of Topliss-reactive ketones (excluding diaryl/α,β-unsaturated/α-hetero) is 1. The van der Waals surface area contributed by atoms with Crippen LogP contribution in [-0.4, -0.2) is 62.0 Å². The number of rotatable bonds is 7. The van der Waals surface area contributed by atoms with Gasteiger partial charge in [-0.1, -0.05) is 11.8 Å². The first-order valence-corrected chi connectivity index (χ1v) is 9.66. The van der Waals surface area contributed by atoms with Gasteiger partial charge in [-0.2, -0.15) is 0 Å².